The van der Waals surface area contributed by atoms with E-state index in [9.17, 15) is 4.79 Å². The highest BCUT2D eigenvalue weighted by Crippen LogP contribution is 2.27. The van der Waals surface area contributed by atoms with Gasteiger partial charge in [0.15, 0.2) is 0 Å². The van der Waals surface area contributed by atoms with Gasteiger partial charge in [-0.25, -0.2) is 9.97 Å². The molecule has 0 unspecified atom stereocenters. The summed E-state index contributed by atoms with van der Waals surface area (Å²) < 4.78 is 5.89. The number of imidazole rings is 2. The van der Waals surface area contributed by atoms with Gasteiger partial charge in [-0.05, 0) is 50.8 Å². The number of hydrogen-bond donors (Lipinski definition) is 4. The van der Waals surface area contributed by atoms with Crippen LogP contribution in [0.4, 0.5) is 0 Å². The number of nitrogens with two attached hydrogens (primary N) is 1. The monoisotopic (exact) mass is 533 g/mol. The van der Waals surface area contributed by atoms with Crippen molar-refractivity contribution in [1.29, 1.82) is 0 Å². The number of benzene rings is 3. The molecule has 0 aliphatic rings. The van der Waals surface area contributed by atoms with Crippen LogP contribution in [0.3, 0.4) is 0 Å². The number of aromatic nitrogens is 4. The highest BCUT2D eigenvalue weighted by molar-refractivity contribution is 5.97. The number of carbonyl (C=O) groups is 1. The zero-order valence-electron chi connectivity index (χ0n) is 21.5. The number of carbonyl (C=O) groups excluding carboxylic acids is 1. The van der Waals surface area contributed by atoms with E-state index in [1.54, 1.807) is 12.1 Å². The number of aromatic amines is 2. The Labute approximate surface area is 227 Å². The lowest BCUT2D eigenvalue weighted by molar-refractivity contribution is 0.0955. The molecule has 0 bridgehead atoms. The van der Waals surface area contributed by atoms with Crippen LogP contribution >= 0.6 is 12.4 Å². The van der Waals surface area contributed by atoms with E-state index in [0.29, 0.717) is 25.3 Å². The molecule has 0 atom stereocenters. The third-order valence-electron chi connectivity index (χ3n) is 6.08. The van der Waals surface area contributed by atoms with Crippen molar-refractivity contribution in [3.05, 3.63) is 66.2 Å². The molecule has 0 fully saturated rings. The molecule has 2 heterocycles. The minimum Gasteiger partial charge on any atom is -0.493 e. The Morgan fingerprint density at radius 2 is 1.53 bits per heavy atom. The van der Waals surface area contributed by atoms with E-state index in [0.717, 1.165) is 63.6 Å². The van der Waals surface area contributed by atoms with Gasteiger partial charge in [0.25, 0.3) is 5.91 Å². The zero-order chi connectivity index (χ0) is 25.8. The maximum atomic E-state index is 12.2. The van der Waals surface area contributed by atoms with Crippen molar-refractivity contribution in [2.45, 2.75) is 6.42 Å². The maximum absolute atomic E-state index is 12.2. The SMILES string of the molecule is CN(C)CCCOc1ccc2nc(-c3ccc(-c4nc5ccc(C(=O)NCCN)cc5[nH]4)cc3)[nH]c2c1.Cl. The summed E-state index contributed by atoms with van der Waals surface area (Å²) in [5.74, 6) is 2.22. The first kappa shape index (κ1) is 27.1. The molecular formula is C28H32ClN7O2. The molecule has 5 rings (SSSR count). The van der Waals surface area contributed by atoms with Crippen LogP contribution in [0, 0.1) is 0 Å². The molecule has 198 valence electrons. The first-order chi connectivity index (χ1) is 18.0. The molecule has 5 N–H and O–H groups in total. The van der Waals surface area contributed by atoms with Gasteiger partial charge in [0, 0.05) is 42.4 Å². The minimum atomic E-state index is -0.151. The van der Waals surface area contributed by atoms with Gasteiger partial charge in [-0.3, -0.25) is 4.79 Å². The van der Waals surface area contributed by atoms with E-state index in [-0.39, 0.29) is 18.3 Å². The van der Waals surface area contributed by atoms with Crippen molar-refractivity contribution in [2.24, 2.45) is 5.73 Å². The molecule has 0 aliphatic heterocycles. The average molecular weight is 534 g/mol. The van der Waals surface area contributed by atoms with Crippen LogP contribution in [-0.2, 0) is 0 Å². The van der Waals surface area contributed by atoms with Crippen LogP contribution < -0.4 is 15.8 Å². The fourth-order valence-electron chi connectivity index (χ4n) is 4.15. The summed E-state index contributed by atoms with van der Waals surface area (Å²) >= 11 is 0. The van der Waals surface area contributed by atoms with E-state index in [1.807, 2.05) is 48.5 Å². The lowest BCUT2D eigenvalue weighted by Crippen LogP contribution is -2.28. The summed E-state index contributed by atoms with van der Waals surface area (Å²) in [5, 5.41) is 2.79. The summed E-state index contributed by atoms with van der Waals surface area (Å²) in [4.78, 5) is 30.5. The Morgan fingerprint density at radius 1 is 0.921 bits per heavy atom. The van der Waals surface area contributed by atoms with Gasteiger partial charge >= 0.3 is 0 Å². The van der Waals surface area contributed by atoms with Gasteiger partial charge in [0.2, 0.25) is 0 Å². The van der Waals surface area contributed by atoms with Crippen molar-refractivity contribution in [1.82, 2.24) is 30.2 Å². The molecule has 38 heavy (non-hydrogen) atoms. The number of halogens is 1. The molecule has 0 saturated heterocycles. The Balaban J connectivity index is 0.00000336. The molecule has 5 aromatic rings. The normalized spacial score (nSPS) is 11.2. The van der Waals surface area contributed by atoms with Gasteiger partial charge in [0.05, 0.1) is 28.7 Å². The van der Waals surface area contributed by atoms with Crippen molar-refractivity contribution in [3.63, 3.8) is 0 Å². The zero-order valence-corrected chi connectivity index (χ0v) is 22.3. The number of H-pyrrole nitrogens is 2. The summed E-state index contributed by atoms with van der Waals surface area (Å²) in [6.45, 7) is 2.51. The second kappa shape index (κ2) is 12.1. The van der Waals surface area contributed by atoms with Crippen LogP contribution in [0.15, 0.2) is 60.7 Å². The molecule has 0 saturated carbocycles. The molecule has 0 spiro atoms. The number of nitrogens with zero attached hydrogens (tertiary/aromatic N) is 3. The van der Waals surface area contributed by atoms with Crippen LogP contribution in [0.5, 0.6) is 5.75 Å². The summed E-state index contributed by atoms with van der Waals surface area (Å²) in [7, 11) is 4.12. The maximum Gasteiger partial charge on any atom is 0.251 e. The van der Waals surface area contributed by atoms with Gasteiger partial charge in [-0.2, -0.15) is 0 Å². The van der Waals surface area contributed by atoms with Crippen LogP contribution in [0.2, 0.25) is 0 Å². The molecule has 9 nitrogen and oxygen atoms in total. The van der Waals surface area contributed by atoms with E-state index in [1.165, 1.54) is 0 Å². The minimum absolute atomic E-state index is 0. The highest BCUT2D eigenvalue weighted by Gasteiger charge is 2.11. The lowest BCUT2D eigenvalue weighted by atomic mass is 10.1. The van der Waals surface area contributed by atoms with Crippen LogP contribution in [-0.4, -0.2) is 71.1 Å². The smallest absolute Gasteiger partial charge is 0.251 e. The van der Waals surface area contributed by atoms with Crippen LogP contribution in [0.1, 0.15) is 16.8 Å². The second-order valence-electron chi connectivity index (χ2n) is 9.21. The first-order valence-electron chi connectivity index (χ1n) is 12.4. The fourth-order valence-corrected chi connectivity index (χ4v) is 4.15. The van der Waals surface area contributed by atoms with Gasteiger partial charge in [-0.15, -0.1) is 12.4 Å². The Bertz CT molecular complexity index is 1530. The average Bonchev–Trinajstić information content (AvgIpc) is 3.53. The molecule has 2 aromatic heterocycles. The third-order valence-corrected chi connectivity index (χ3v) is 6.08. The van der Waals surface area contributed by atoms with Crippen LogP contribution in [0.25, 0.3) is 44.8 Å². The summed E-state index contributed by atoms with van der Waals surface area (Å²) in [6.07, 6.45) is 0.974. The Kier molecular flexibility index (Phi) is 8.62. The number of hydrogen-bond acceptors (Lipinski definition) is 6. The van der Waals surface area contributed by atoms with E-state index in [4.69, 9.17) is 15.5 Å². The molecule has 3 aromatic carbocycles. The predicted molar refractivity (Wildman–Crippen MR) is 154 cm³/mol. The number of ether oxygens (including phenoxy) is 1. The number of nitrogens with one attached hydrogen (secondary N) is 3. The van der Waals surface area contributed by atoms with Gasteiger partial charge < -0.3 is 30.7 Å². The Morgan fingerprint density at radius 3 is 2.13 bits per heavy atom. The Hall–Kier alpha value is -3.92. The summed E-state index contributed by atoms with van der Waals surface area (Å²) in [6, 6.07) is 19.4. The van der Waals surface area contributed by atoms with Crippen molar-refractivity contribution in [3.8, 4) is 28.5 Å². The highest BCUT2D eigenvalue weighted by atomic mass is 35.5. The van der Waals surface area contributed by atoms with Gasteiger partial charge in [-0.1, -0.05) is 24.3 Å². The topological polar surface area (TPSA) is 125 Å². The standard InChI is InChI=1S/C28H31N7O2.ClH/c1-35(2)14-3-15-37-21-9-11-23-25(17-21)34-27(32-23)19-6-4-18(5-7-19)26-31-22-10-8-20(16-24(22)33-26)28(36)30-13-12-29;/h4-11,16-17H,3,12-15,29H2,1-2H3,(H,30,36)(H,31,33)(H,32,34);1H. The number of rotatable bonds is 10. The first-order valence-corrected chi connectivity index (χ1v) is 12.4. The van der Waals surface area contributed by atoms with E-state index < -0.39 is 0 Å². The molecule has 0 radical (unpaired) electrons. The second-order valence-corrected chi connectivity index (χ2v) is 9.21. The fraction of sp³-hybridized carbons (Fsp3) is 0.250. The van der Waals surface area contributed by atoms with E-state index in [2.05, 4.69) is 39.3 Å². The van der Waals surface area contributed by atoms with Crippen molar-refractivity contribution in [2.75, 3.05) is 40.3 Å². The summed E-state index contributed by atoms with van der Waals surface area (Å²) in [5.41, 5.74) is 11.4. The quantitative estimate of drug-likeness (QED) is 0.199. The molecule has 0 aliphatic carbocycles. The molecule has 10 heteroatoms. The van der Waals surface area contributed by atoms with Gasteiger partial charge in [0.1, 0.15) is 17.4 Å². The number of fused-ring (bicyclic) bond motifs is 2. The largest absolute Gasteiger partial charge is 0.493 e. The molecular weight excluding hydrogens is 502 g/mol. The predicted octanol–water partition coefficient (Wildman–Crippen LogP) is 4.21. The van der Waals surface area contributed by atoms with Crippen molar-refractivity contribution >= 4 is 40.4 Å². The lowest BCUT2D eigenvalue weighted by Gasteiger charge is -2.10. The number of amides is 1. The third kappa shape index (κ3) is 6.13. The van der Waals surface area contributed by atoms with Crippen molar-refractivity contribution < 1.29 is 9.53 Å². The molecule has 1 amide bonds. The van der Waals surface area contributed by atoms with E-state index >= 15 is 0 Å².